The molecule has 0 unspecified atom stereocenters. The molecule has 7 nitrogen and oxygen atoms in total. The number of ether oxygens (including phenoxy) is 2. The number of hydrogen-bond acceptors (Lipinski definition) is 7. The van der Waals surface area contributed by atoms with E-state index in [9.17, 15) is 22.6 Å². The summed E-state index contributed by atoms with van der Waals surface area (Å²) in [5.41, 5.74) is 0.0770. The fourth-order valence-corrected chi connectivity index (χ4v) is 5.44. The Hall–Kier alpha value is 0.990. The first-order chi connectivity index (χ1) is 11.0. The number of halogens is 4. The van der Waals surface area contributed by atoms with Crippen molar-refractivity contribution in [3.05, 3.63) is 25.4 Å². The molecule has 0 N–H and O–H groups in total. The summed E-state index contributed by atoms with van der Waals surface area (Å²) in [7, 11) is -4.50. The number of rotatable bonds is 6. The van der Waals surface area contributed by atoms with Crippen LogP contribution in [0.5, 0.6) is 0 Å². The van der Waals surface area contributed by atoms with Gasteiger partial charge in [-0.05, 0) is 97.3 Å². The van der Waals surface area contributed by atoms with Crippen LogP contribution < -0.4 is 0 Å². The summed E-state index contributed by atoms with van der Waals surface area (Å²) in [6.07, 6.45) is 0. The van der Waals surface area contributed by atoms with E-state index in [2.05, 4.69) is 22.6 Å². The van der Waals surface area contributed by atoms with Gasteiger partial charge in [0, 0.05) is 14.3 Å². The molecule has 0 fully saturated rings. The third-order valence-electron chi connectivity index (χ3n) is 2.52. The molecule has 0 aliphatic heterocycles. The third-order valence-corrected chi connectivity index (χ3v) is 10.6. The van der Waals surface area contributed by atoms with Crippen LogP contribution in [0.25, 0.3) is 0 Å². The van der Waals surface area contributed by atoms with Gasteiger partial charge in [0.25, 0.3) is 0 Å². The van der Waals surface area contributed by atoms with Crippen molar-refractivity contribution in [3.63, 3.8) is 0 Å². The molecule has 134 valence electrons. The second-order valence-electron chi connectivity index (χ2n) is 4.12. The maximum absolute atomic E-state index is 12.4. The highest BCUT2D eigenvalue weighted by Crippen LogP contribution is 2.33. The van der Waals surface area contributed by atoms with E-state index in [-0.39, 0.29) is 17.7 Å². The molecule has 0 heterocycles. The summed E-state index contributed by atoms with van der Waals surface area (Å²) in [5.74, 6) is -2.38. The summed E-state index contributed by atoms with van der Waals surface area (Å²) in [5, 5.41) is 0. The van der Waals surface area contributed by atoms with Crippen molar-refractivity contribution in [1.29, 1.82) is 0 Å². The summed E-state index contributed by atoms with van der Waals surface area (Å²) in [6, 6.07) is 0. The highest BCUT2D eigenvalue weighted by atomic mass is 127. The van der Waals surface area contributed by atoms with Gasteiger partial charge in [0.2, 0.25) is 0 Å². The van der Waals surface area contributed by atoms with Gasteiger partial charge in [-0.15, -0.1) is 0 Å². The van der Waals surface area contributed by atoms with Crippen LogP contribution in [0.3, 0.4) is 0 Å². The van der Waals surface area contributed by atoms with E-state index in [0.717, 1.165) is 7.14 Å². The highest BCUT2D eigenvalue weighted by Gasteiger charge is 2.29. The largest absolute Gasteiger partial charge is 0.748 e. The monoisotopic (exact) mass is 805 g/mol. The maximum atomic E-state index is 12.4. The Labute approximate surface area is 193 Å². The summed E-state index contributed by atoms with van der Waals surface area (Å²) in [4.78, 5) is 24.6. The Morgan fingerprint density at radius 2 is 1.33 bits per heavy atom. The minimum absolute atomic E-state index is 0.00608. The van der Waals surface area contributed by atoms with Crippen molar-refractivity contribution < 1.29 is 32.0 Å². The topological polar surface area (TPSA) is 110 Å². The smallest absolute Gasteiger partial charge is 0.340 e. The zero-order valence-corrected chi connectivity index (χ0v) is 21.3. The van der Waals surface area contributed by atoms with Crippen LogP contribution in [0.1, 0.15) is 27.6 Å². The summed E-state index contributed by atoms with van der Waals surface area (Å²) >= 11 is 7.96. The molecule has 0 radical (unpaired) electrons. The minimum atomic E-state index is -4.50. The molecular formula is C12H9I4O7S-. The van der Waals surface area contributed by atoms with E-state index in [1.54, 1.807) is 6.92 Å². The van der Waals surface area contributed by atoms with Crippen LogP contribution in [0.2, 0.25) is 0 Å². The molecule has 0 aliphatic rings. The van der Waals surface area contributed by atoms with Crippen LogP contribution >= 0.6 is 90.4 Å². The van der Waals surface area contributed by atoms with E-state index in [1.165, 1.54) is 0 Å². The Kier molecular flexibility index (Phi) is 9.39. The van der Waals surface area contributed by atoms with Crippen molar-refractivity contribution in [2.24, 2.45) is 0 Å². The van der Waals surface area contributed by atoms with Crippen LogP contribution in [-0.2, 0) is 19.6 Å². The molecule has 0 aliphatic carbocycles. The lowest BCUT2D eigenvalue weighted by atomic mass is 10.1. The maximum Gasteiger partial charge on any atom is 0.340 e. The first kappa shape index (κ1) is 23.0. The molecular weight excluding hydrogens is 796 g/mol. The molecule has 1 rings (SSSR count). The number of carbonyl (C=O) groups excluding carboxylic acids is 2. The van der Waals surface area contributed by atoms with E-state index in [0.29, 0.717) is 7.14 Å². The Bertz CT molecular complexity index is 776. The zero-order valence-electron chi connectivity index (χ0n) is 11.9. The fraction of sp³-hybridized carbons (Fsp3) is 0.333. The predicted octanol–water partition coefficient (Wildman–Crippen LogP) is 2.98. The molecule has 0 saturated heterocycles. The normalized spacial score (nSPS) is 11.2. The molecule has 1 aromatic carbocycles. The number of hydrogen-bond donors (Lipinski definition) is 0. The molecule has 0 spiro atoms. The summed E-state index contributed by atoms with van der Waals surface area (Å²) < 4.78 is 44.3. The number of esters is 2. The molecule has 0 bridgehead atoms. The zero-order chi connectivity index (χ0) is 18.7. The molecule has 24 heavy (non-hydrogen) atoms. The standard InChI is InChI=1S/C12H10I4O7S/c1-2-22-11(17)5-6(8(14)10(16)9(15)7(5)13)12(18)23-3-4-24(19,20)21/h2-4H2,1H3,(H,19,20,21)/p-1. The van der Waals surface area contributed by atoms with Crippen molar-refractivity contribution >= 4 is 112 Å². The third kappa shape index (κ3) is 6.02. The van der Waals surface area contributed by atoms with Gasteiger partial charge in [-0.3, -0.25) is 0 Å². The van der Waals surface area contributed by atoms with E-state index in [1.807, 2.05) is 67.8 Å². The van der Waals surface area contributed by atoms with Gasteiger partial charge >= 0.3 is 11.9 Å². The summed E-state index contributed by atoms with van der Waals surface area (Å²) in [6.45, 7) is 1.20. The van der Waals surface area contributed by atoms with Gasteiger partial charge in [-0.25, -0.2) is 18.0 Å². The first-order valence-corrected chi connectivity index (χ1v) is 12.0. The van der Waals surface area contributed by atoms with Gasteiger partial charge in [0.1, 0.15) is 6.61 Å². The van der Waals surface area contributed by atoms with Crippen molar-refractivity contribution in [2.75, 3.05) is 19.0 Å². The van der Waals surface area contributed by atoms with Crippen molar-refractivity contribution in [3.8, 4) is 0 Å². The predicted molar refractivity (Wildman–Crippen MR) is 118 cm³/mol. The SMILES string of the molecule is CCOC(=O)c1c(I)c(I)c(I)c(I)c1C(=O)OCCS(=O)(=O)[O-]. The van der Waals surface area contributed by atoms with Gasteiger partial charge in [0.15, 0.2) is 0 Å². The van der Waals surface area contributed by atoms with Crippen LogP contribution in [0, 0.1) is 14.3 Å². The Morgan fingerprint density at radius 1 is 0.917 bits per heavy atom. The molecule has 0 atom stereocenters. The Balaban J connectivity index is 3.34. The quantitative estimate of drug-likeness (QED) is 0.143. The second-order valence-corrected chi connectivity index (χ2v) is 9.96. The van der Waals surface area contributed by atoms with Gasteiger partial charge in [-0.1, -0.05) is 0 Å². The highest BCUT2D eigenvalue weighted by molar-refractivity contribution is 14.1. The number of carbonyl (C=O) groups is 2. The van der Waals surface area contributed by atoms with Crippen LogP contribution in [0.15, 0.2) is 0 Å². The fourth-order valence-electron chi connectivity index (χ4n) is 1.53. The van der Waals surface area contributed by atoms with Crippen LogP contribution in [0.4, 0.5) is 0 Å². The van der Waals surface area contributed by atoms with Gasteiger partial charge in [0.05, 0.1) is 33.6 Å². The Morgan fingerprint density at radius 3 is 1.71 bits per heavy atom. The average molecular weight is 805 g/mol. The molecule has 0 saturated carbocycles. The molecule has 1 aromatic rings. The van der Waals surface area contributed by atoms with E-state index >= 15 is 0 Å². The van der Waals surface area contributed by atoms with E-state index in [4.69, 9.17) is 9.47 Å². The van der Waals surface area contributed by atoms with Crippen molar-refractivity contribution in [2.45, 2.75) is 6.92 Å². The lowest BCUT2D eigenvalue weighted by Gasteiger charge is -2.16. The van der Waals surface area contributed by atoms with Crippen molar-refractivity contribution in [1.82, 2.24) is 0 Å². The first-order valence-electron chi connectivity index (χ1n) is 6.15. The van der Waals surface area contributed by atoms with Gasteiger partial charge < -0.3 is 14.0 Å². The lowest BCUT2D eigenvalue weighted by molar-refractivity contribution is 0.0477. The van der Waals surface area contributed by atoms with Crippen LogP contribution in [-0.4, -0.2) is 43.9 Å². The average Bonchev–Trinajstić information content (AvgIpc) is 2.47. The molecule has 0 amide bonds. The number of benzene rings is 1. The van der Waals surface area contributed by atoms with Gasteiger partial charge in [-0.2, -0.15) is 0 Å². The molecule has 12 heteroatoms. The second kappa shape index (κ2) is 9.79. The lowest BCUT2D eigenvalue weighted by Crippen LogP contribution is -2.21. The van der Waals surface area contributed by atoms with E-state index < -0.39 is 34.4 Å². The molecule has 0 aromatic heterocycles. The minimum Gasteiger partial charge on any atom is -0.748 e.